The van der Waals surface area contributed by atoms with Crippen molar-refractivity contribution in [3.63, 3.8) is 0 Å². The molecule has 0 spiro atoms. The lowest BCUT2D eigenvalue weighted by molar-refractivity contribution is -0.137. The SMILES string of the molecule is CCCCCCc1ccc(C(=O)N(Cc2ccc(OS(=O)(=O)c3cccc(C(F)(F)F)c3)cc2)C(C)C)cc1. The third-order valence-corrected chi connectivity index (χ3v) is 7.58. The number of halogens is 3. The van der Waals surface area contributed by atoms with Crippen molar-refractivity contribution in [3.05, 3.63) is 95.1 Å². The molecule has 3 rings (SSSR count). The number of aryl methyl sites for hydroxylation is 1. The zero-order valence-corrected chi connectivity index (χ0v) is 23.2. The lowest BCUT2D eigenvalue weighted by Crippen LogP contribution is -2.36. The Morgan fingerprint density at radius 2 is 1.54 bits per heavy atom. The second kappa shape index (κ2) is 13.2. The molecule has 0 N–H and O–H groups in total. The standard InChI is InChI=1S/C30H34F3NO4S/c1-4-5-6-7-9-23-12-16-25(17-13-23)29(35)34(22(2)3)21-24-14-18-27(19-15-24)38-39(36,37)28-11-8-10-26(20-28)30(31,32)33/h8,10-20,22H,4-7,9,21H2,1-3H3. The van der Waals surface area contributed by atoms with Gasteiger partial charge < -0.3 is 9.08 Å². The van der Waals surface area contributed by atoms with Crippen molar-refractivity contribution < 1.29 is 30.6 Å². The number of carbonyl (C=O) groups excluding carboxylic acids is 1. The Morgan fingerprint density at radius 1 is 0.897 bits per heavy atom. The molecular formula is C30H34F3NO4S. The molecule has 0 saturated carbocycles. The van der Waals surface area contributed by atoms with Gasteiger partial charge in [-0.1, -0.05) is 56.5 Å². The molecular weight excluding hydrogens is 527 g/mol. The summed E-state index contributed by atoms with van der Waals surface area (Å²) in [4.78, 5) is 14.4. The largest absolute Gasteiger partial charge is 0.416 e. The minimum atomic E-state index is -4.68. The summed E-state index contributed by atoms with van der Waals surface area (Å²) in [6, 6.07) is 17.1. The van der Waals surface area contributed by atoms with Crippen LogP contribution in [0.5, 0.6) is 5.75 Å². The van der Waals surface area contributed by atoms with Gasteiger partial charge in [0.25, 0.3) is 5.91 Å². The summed E-state index contributed by atoms with van der Waals surface area (Å²) >= 11 is 0. The van der Waals surface area contributed by atoms with Crippen LogP contribution in [0.1, 0.15) is 73.5 Å². The molecule has 0 bridgehead atoms. The highest BCUT2D eigenvalue weighted by Crippen LogP contribution is 2.31. The molecule has 5 nitrogen and oxygen atoms in total. The Bertz CT molecular complexity index is 1340. The third kappa shape index (κ3) is 8.58. The van der Waals surface area contributed by atoms with Gasteiger partial charge in [0.2, 0.25) is 0 Å². The first kappa shape index (κ1) is 30.2. The summed E-state index contributed by atoms with van der Waals surface area (Å²) in [7, 11) is -4.47. The maximum Gasteiger partial charge on any atom is 0.416 e. The molecule has 210 valence electrons. The number of rotatable bonds is 12. The normalized spacial score (nSPS) is 12.0. The summed E-state index contributed by atoms with van der Waals surface area (Å²) in [5.74, 6) is -0.164. The first-order valence-corrected chi connectivity index (χ1v) is 14.4. The third-order valence-electron chi connectivity index (χ3n) is 6.34. The number of alkyl halides is 3. The van der Waals surface area contributed by atoms with E-state index in [2.05, 4.69) is 6.92 Å². The predicted molar refractivity (Wildman–Crippen MR) is 145 cm³/mol. The highest BCUT2D eigenvalue weighted by Gasteiger charge is 2.32. The average molecular weight is 562 g/mol. The van der Waals surface area contributed by atoms with E-state index in [-0.39, 0.29) is 24.2 Å². The van der Waals surface area contributed by atoms with Crippen LogP contribution in [0.3, 0.4) is 0 Å². The van der Waals surface area contributed by atoms with E-state index in [1.807, 2.05) is 38.1 Å². The molecule has 3 aromatic rings. The van der Waals surface area contributed by atoms with E-state index in [0.29, 0.717) is 11.6 Å². The van der Waals surface area contributed by atoms with Crippen LogP contribution >= 0.6 is 0 Å². The highest BCUT2D eigenvalue weighted by molar-refractivity contribution is 7.87. The summed E-state index contributed by atoms with van der Waals surface area (Å²) in [5.41, 5.74) is 1.46. The molecule has 0 saturated heterocycles. The molecule has 0 aliphatic rings. The Kier molecular flexibility index (Phi) is 10.2. The summed E-state index contributed by atoms with van der Waals surface area (Å²) in [5, 5.41) is 0. The van der Waals surface area contributed by atoms with Crippen LogP contribution in [0, 0.1) is 0 Å². The fourth-order valence-electron chi connectivity index (χ4n) is 4.07. The molecule has 0 aliphatic heterocycles. The Balaban J connectivity index is 1.67. The Hall–Kier alpha value is -3.33. The number of hydrogen-bond donors (Lipinski definition) is 0. The minimum Gasteiger partial charge on any atom is -0.379 e. The topological polar surface area (TPSA) is 63.7 Å². The van der Waals surface area contributed by atoms with Crippen molar-refractivity contribution in [2.75, 3.05) is 0 Å². The predicted octanol–water partition coefficient (Wildman–Crippen LogP) is 7.65. The fraction of sp³-hybridized carbons (Fsp3) is 0.367. The molecule has 39 heavy (non-hydrogen) atoms. The molecule has 0 aromatic heterocycles. The van der Waals surface area contributed by atoms with Gasteiger partial charge in [-0.05, 0) is 80.3 Å². The smallest absolute Gasteiger partial charge is 0.379 e. The number of unbranched alkanes of at least 4 members (excludes halogenated alkanes) is 3. The van der Waals surface area contributed by atoms with Crippen molar-refractivity contribution in [3.8, 4) is 5.75 Å². The number of benzene rings is 3. The molecule has 0 heterocycles. The van der Waals surface area contributed by atoms with E-state index in [1.54, 1.807) is 17.0 Å². The molecule has 0 unspecified atom stereocenters. The van der Waals surface area contributed by atoms with Crippen molar-refractivity contribution in [1.29, 1.82) is 0 Å². The van der Waals surface area contributed by atoms with Crippen LogP contribution < -0.4 is 4.18 Å². The van der Waals surface area contributed by atoms with Crippen molar-refractivity contribution in [2.24, 2.45) is 0 Å². The van der Waals surface area contributed by atoms with E-state index in [0.717, 1.165) is 36.6 Å². The summed E-state index contributed by atoms with van der Waals surface area (Å²) < 4.78 is 69.1. The second-order valence-corrected chi connectivity index (χ2v) is 11.3. The monoisotopic (exact) mass is 561 g/mol. The van der Waals surface area contributed by atoms with Gasteiger partial charge in [0.15, 0.2) is 0 Å². The minimum absolute atomic E-state index is 0.0480. The van der Waals surface area contributed by atoms with Crippen molar-refractivity contribution in [2.45, 2.75) is 76.5 Å². The molecule has 0 radical (unpaired) electrons. The maximum absolute atomic E-state index is 13.3. The summed E-state index contributed by atoms with van der Waals surface area (Å²) in [6.45, 7) is 6.30. The Morgan fingerprint density at radius 3 is 2.13 bits per heavy atom. The van der Waals surface area contributed by atoms with Crippen LogP contribution in [0.25, 0.3) is 0 Å². The van der Waals surface area contributed by atoms with Gasteiger partial charge in [0, 0.05) is 18.2 Å². The van der Waals surface area contributed by atoms with E-state index < -0.39 is 26.8 Å². The molecule has 9 heteroatoms. The van der Waals surface area contributed by atoms with E-state index in [9.17, 15) is 26.4 Å². The Labute approximate surface area is 228 Å². The lowest BCUT2D eigenvalue weighted by atomic mass is 10.0. The molecule has 3 aromatic carbocycles. The van der Waals surface area contributed by atoms with Crippen LogP contribution in [-0.4, -0.2) is 25.3 Å². The first-order chi connectivity index (χ1) is 18.4. The van der Waals surface area contributed by atoms with Gasteiger partial charge in [-0.15, -0.1) is 0 Å². The van der Waals surface area contributed by atoms with Crippen LogP contribution in [0.15, 0.2) is 77.7 Å². The van der Waals surface area contributed by atoms with Gasteiger partial charge >= 0.3 is 16.3 Å². The molecule has 1 amide bonds. The van der Waals surface area contributed by atoms with E-state index >= 15 is 0 Å². The summed E-state index contributed by atoms with van der Waals surface area (Å²) in [6.07, 6.45) is 1.04. The molecule has 0 atom stereocenters. The number of nitrogens with zero attached hydrogens (tertiary/aromatic N) is 1. The number of hydrogen-bond acceptors (Lipinski definition) is 4. The van der Waals surface area contributed by atoms with Crippen LogP contribution in [0.2, 0.25) is 0 Å². The van der Waals surface area contributed by atoms with Gasteiger partial charge in [-0.25, -0.2) is 0 Å². The van der Waals surface area contributed by atoms with Crippen molar-refractivity contribution in [1.82, 2.24) is 4.90 Å². The fourth-order valence-corrected chi connectivity index (χ4v) is 5.05. The quantitative estimate of drug-likeness (QED) is 0.168. The maximum atomic E-state index is 13.3. The molecule has 0 aliphatic carbocycles. The van der Waals surface area contributed by atoms with E-state index in [1.165, 1.54) is 37.0 Å². The zero-order chi connectivity index (χ0) is 28.6. The first-order valence-electron chi connectivity index (χ1n) is 13.0. The van der Waals surface area contributed by atoms with Gasteiger partial charge in [-0.2, -0.15) is 21.6 Å². The van der Waals surface area contributed by atoms with Crippen LogP contribution in [-0.2, 0) is 29.3 Å². The number of amides is 1. The average Bonchev–Trinajstić information content (AvgIpc) is 2.90. The van der Waals surface area contributed by atoms with Crippen LogP contribution in [0.4, 0.5) is 13.2 Å². The van der Waals surface area contributed by atoms with Crippen molar-refractivity contribution >= 4 is 16.0 Å². The van der Waals surface area contributed by atoms with Gasteiger partial charge in [0.1, 0.15) is 10.6 Å². The second-order valence-electron chi connectivity index (χ2n) is 9.74. The molecule has 0 fully saturated rings. The van der Waals surface area contributed by atoms with Gasteiger partial charge in [0.05, 0.1) is 5.56 Å². The number of carbonyl (C=O) groups is 1. The van der Waals surface area contributed by atoms with E-state index in [4.69, 9.17) is 4.18 Å². The van der Waals surface area contributed by atoms with Gasteiger partial charge in [-0.3, -0.25) is 4.79 Å². The zero-order valence-electron chi connectivity index (χ0n) is 22.4. The lowest BCUT2D eigenvalue weighted by Gasteiger charge is -2.27. The highest BCUT2D eigenvalue weighted by atomic mass is 32.2.